The standard InChI is InChI=1S/C16H18BrN/c17-15-10-9-14(12-7-3-4-8-13(12)15)16(18)11-5-1-2-6-11/h3-4,7-11,16H,1-2,5-6,18H2. The first kappa shape index (κ1) is 12.2. The molecule has 2 heteroatoms. The fourth-order valence-corrected chi connectivity index (χ4v) is 3.62. The van der Waals surface area contributed by atoms with Crippen LogP contribution in [0.1, 0.15) is 37.3 Å². The number of hydrogen-bond acceptors (Lipinski definition) is 1. The summed E-state index contributed by atoms with van der Waals surface area (Å²) in [6.45, 7) is 0. The van der Waals surface area contributed by atoms with Crippen LogP contribution in [0.15, 0.2) is 40.9 Å². The van der Waals surface area contributed by atoms with Crippen LogP contribution in [0.5, 0.6) is 0 Å². The van der Waals surface area contributed by atoms with Crippen molar-refractivity contribution in [2.75, 3.05) is 0 Å². The van der Waals surface area contributed by atoms with E-state index in [1.807, 2.05) is 0 Å². The molecule has 1 aliphatic carbocycles. The van der Waals surface area contributed by atoms with E-state index in [2.05, 4.69) is 52.3 Å². The Labute approximate surface area is 117 Å². The van der Waals surface area contributed by atoms with Gasteiger partial charge in [0.1, 0.15) is 0 Å². The number of benzene rings is 2. The number of rotatable bonds is 2. The van der Waals surface area contributed by atoms with Crippen LogP contribution in [-0.2, 0) is 0 Å². The Morgan fingerprint density at radius 2 is 1.67 bits per heavy atom. The Morgan fingerprint density at radius 3 is 2.39 bits per heavy atom. The van der Waals surface area contributed by atoms with Crippen molar-refractivity contribution in [3.63, 3.8) is 0 Å². The van der Waals surface area contributed by atoms with Gasteiger partial charge in [0, 0.05) is 10.5 Å². The van der Waals surface area contributed by atoms with Crippen molar-refractivity contribution in [2.24, 2.45) is 11.7 Å². The fourth-order valence-electron chi connectivity index (χ4n) is 3.15. The molecule has 1 atom stereocenters. The van der Waals surface area contributed by atoms with Crippen molar-refractivity contribution in [2.45, 2.75) is 31.7 Å². The predicted molar refractivity (Wildman–Crippen MR) is 80.5 cm³/mol. The maximum atomic E-state index is 6.50. The third-order valence-electron chi connectivity index (χ3n) is 4.17. The van der Waals surface area contributed by atoms with Crippen molar-refractivity contribution in [3.05, 3.63) is 46.4 Å². The van der Waals surface area contributed by atoms with Gasteiger partial charge in [-0.1, -0.05) is 59.1 Å². The van der Waals surface area contributed by atoms with Crippen LogP contribution in [-0.4, -0.2) is 0 Å². The Balaban J connectivity index is 2.08. The largest absolute Gasteiger partial charge is 0.324 e. The number of hydrogen-bond donors (Lipinski definition) is 1. The second-order valence-electron chi connectivity index (χ2n) is 5.25. The lowest BCUT2D eigenvalue weighted by atomic mass is 9.89. The van der Waals surface area contributed by atoms with E-state index in [4.69, 9.17) is 5.73 Å². The van der Waals surface area contributed by atoms with E-state index in [9.17, 15) is 0 Å². The van der Waals surface area contributed by atoms with Gasteiger partial charge in [0.15, 0.2) is 0 Å². The summed E-state index contributed by atoms with van der Waals surface area (Å²) in [6, 6.07) is 13.0. The number of nitrogens with two attached hydrogens (primary N) is 1. The average molecular weight is 304 g/mol. The van der Waals surface area contributed by atoms with E-state index in [1.165, 1.54) is 42.0 Å². The average Bonchev–Trinajstić information content (AvgIpc) is 2.93. The molecular weight excluding hydrogens is 286 g/mol. The highest BCUT2D eigenvalue weighted by Crippen LogP contribution is 2.38. The zero-order valence-electron chi connectivity index (χ0n) is 10.4. The molecule has 18 heavy (non-hydrogen) atoms. The van der Waals surface area contributed by atoms with E-state index in [-0.39, 0.29) is 6.04 Å². The lowest BCUT2D eigenvalue weighted by molar-refractivity contribution is 0.447. The highest BCUT2D eigenvalue weighted by atomic mass is 79.9. The van der Waals surface area contributed by atoms with Crippen LogP contribution in [0.2, 0.25) is 0 Å². The van der Waals surface area contributed by atoms with Crippen molar-refractivity contribution >= 4 is 26.7 Å². The molecule has 0 amide bonds. The summed E-state index contributed by atoms with van der Waals surface area (Å²) < 4.78 is 1.15. The first-order valence-corrected chi connectivity index (χ1v) is 7.49. The summed E-state index contributed by atoms with van der Waals surface area (Å²) in [7, 11) is 0. The third kappa shape index (κ3) is 2.08. The maximum Gasteiger partial charge on any atom is 0.0329 e. The summed E-state index contributed by atoms with van der Waals surface area (Å²) in [6.07, 6.45) is 5.25. The molecule has 1 fully saturated rings. The first-order chi connectivity index (χ1) is 8.77. The molecular formula is C16H18BrN. The van der Waals surface area contributed by atoms with Crippen molar-refractivity contribution in [3.8, 4) is 0 Å². The monoisotopic (exact) mass is 303 g/mol. The molecule has 2 aromatic carbocycles. The Morgan fingerprint density at radius 1 is 1.00 bits per heavy atom. The molecule has 1 saturated carbocycles. The van der Waals surface area contributed by atoms with Crippen molar-refractivity contribution in [1.82, 2.24) is 0 Å². The smallest absolute Gasteiger partial charge is 0.0329 e. The second-order valence-corrected chi connectivity index (χ2v) is 6.11. The zero-order chi connectivity index (χ0) is 12.5. The molecule has 0 spiro atoms. The summed E-state index contributed by atoms with van der Waals surface area (Å²) >= 11 is 3.62. The Kier molecular flexibility index (Phi) is 3.40. The van der Waals surface area contributed by atoms with E-state index in [0.29, 0.717) is 5.92 Å². The summed E-state index contributed by atoms with van der Waals surface area (Å²) in [5, 5.41) is 2.56. The van der Waals surface area contributed by atoms with Gasteiger partial charge in [0.05, 0.1) is 0 Å². The van der Waals surface area contributed by atoms with Gasteiger partial charge >= 0.3 is 0 Å². The SMILES string of the molecule is NC(c1ccc(Br)c2ccccc12)C1CCCC1. The normalized spacial score (nSPS) is 18.3. The second kappa shape index (κ2) is 5.02. The van der Waals surface area contributed by atoms with Crippen LogP contribution in [0.3, 0.4) is 0 Å². The van der Waals surface area contributed by atoms with Crippen LogP contribution in [0, 0.1) is 5.92 Å². The lowest BCUT2D eigenvalue weighted by Crippen LogP contribution is -2.19. The molecule has 1 aliphatic rings. The van der Waals surface area contributed by atoms with Gasteiger partial charge in [-0.05, 0) is 41.2 Å². The van der Waals surface area contributed by atoms with Crippen LogP contribution in [0.4, 0.5) is 0 Å². The molecule has 0 radical (unpaired) electrons. The van der Waals surface area contributed by atoms with E-state index < -0.39 is 0 Å². The molecule has 94 valence electrons. The third-order valence-corrected chi connectivity index (χ3v) is 4.86. The highest BCUT2D eigenvalue weighted by Gasteiger charge is 2.24. The number of halogens is 1. The number of fused-ring (bicyclic) bond motifs is 1. The molecule has 1 unspecified atom stereocenters. The minimum Gasteiger partial charge on any atom is -0.324 e. The van der Waals surface area contributed by atoms with Crippen LogP contribution < -0.4 is 5.73 Å². The van der Waals surface area contributed by atoms with Gasteiger partial charge in [0.25, 0.3) is 0 Å². The fraction of sp³-hybridized carbons (Fsp3) is 0.375. The molecule has 0 saturated heterocycles. The van der Waals surface area contributed by atoms with E-state index in [0.717, 1.165) is 4.47 Å². The molecule has 3 rings (SSSR count). The van der Waals surface area contributed by atoms with Gasteiger partial charge in [0.2, 0.25) is 0 Å². The van der Waals surface area contributed by atoms with Gasteiger partial charge in [-0.3, -0.25) is 0 Å². The zero-order valence-corrected chi connectivity index (χ0v) is 12.0. The summed E-state index contributed by atoms with van der Waals surface area (Å²) in [4.78, 5) is 0. The topological polar surface area (TPSA) is 26.0 Å². The predicted octanol–water partition coefficient (Wildman–Crippen LogP) is 4.79. The van der Waals surface area contributed by atoms with Crippen LogP contribution >= 0.6 is 15.9 Å². The molecule has 0 aromatic heterocycles. The van der Waals surface area contributed by atoms with Crippen molar-refractivity contribution in [1.29, 1.82) is 0 Å². The minimum atomic E-state index is 0.186. The molecule has 2 N–H and O–H groups in total. The first-order valence-electron chi connectivity index (χ1n) is 6.70. The molecule has 0 heterocycles. The van der Waals surface area contributed by atoms with Crippen molar-refractivity contribution < 1.29 is 0 Å². The Bertz CT molecular complexity index is 558. The van der Waals surface area contributed by atoms with E-state index >= 15 is 0 Å². The van der Waals surface area contributed by atoms with Gasteiger partial charge in [-0.15, -0.1) is 0 Å². The lowest BCUT2D eigenvalue weighted by Gasteiger charge is -2.21. The summed E-state index contributed by atoms with van der Waals surface area (Å²) in [5.41, 5.74) is 7.81. The molecule has 1 nitrogen and oxygen atoms in total. The van der Waals surface area contributed by atoms with Gasteiger partial charge in [-0.25, -0.2) is 0 Å². The Hall–Kier alpha value is -0.860. The van der Waals surface area contributed by atoms with E-state index in [1.54, 1.807) is 0 Å². The maximum absolute atomic E-state index is 6.50. The van der Waals surface area contributed by atoms with Gasteiger partial charge in [-0.2, -0.15) is 0 Å². The molecule has 0 bridgehead atoms. The molecule has 2 aromatic rings. The van der Waals surface area contributed by atoms with Gasteiger partial charge < -0.3 is 5.73 Å². The summed E-state index contributed by atoms with van der Waals surface area (Å²) in [5.74, 6) is 0.662. The minimum absolute atomic E-state index is 0.186. The molecule has 0 aliphatic heterocycles. The highest BCUT2D eigenvalue weighted by molar-refractivity contribution is 9.10. The quantitative estimate of drug-likeness (QED) is 0.848. The van der Waals surface area contributed by atoms with Crippen LogP contribution in [0.25, 0.3) is 10.8 Å².